The van der Waals surface area contributed by atoms with E-state index < -0.39 is 0 Å². The first-order chi connectivity index (χ1) is 12.4. The van der Waals surface area contributed by atoms with E-state index in [1.807, 2.05) is 0 Å². The van der Waals surface area contributed by atoms with Gasteiger partial charge in [-0.05, 0) is 37.2 Å². The molecule has 1 aromatic heterocycles. The molecule has 1 amide bonds. The lowest BCUT2D eigenvalue weighted by atomic mass is 9.76. The first-order valence-corrected chi connectivity index (χ1v) is 9.21. The topological polar surface area (TPSA) is 76.3 Å². The van der Waals surface area contributed by atoms with Gasteiger partial charge in [0.15, 0.2) is 5.69 Å². The monoisotopic (exact) mass is 354 g/mol. The van der Waals surface area contributed by atoms with Crippen molar-refractivity contribution in [3.8, 4) is 0 Å². The molecule has 1 aliphatic carbocycles. The van der Waals surface area contributed by atoms with Crippen molar-refractivity contribution in [2.45, 2.75) is 40.0 Å². The van der Waals surface area contributed by atoms with Crippen LogP contribution in [-0.4, -0.2) is 21.4 Å². The smallest absolute Gasteiger partial charge is 0.267 e. The summed E-state index contributed by atoms with van der Waals surface area (Å²) < 4.78 is 1.20. The Labute approximate surface area is 153 Å². The van der Waals surface area contributed by atoms with E-state index in [0.717, 1.165) is 18.6 Å². The fourth-order valence-electron chi connectivity index (χ4n) is 3.73. The van der Waals surface area contributed by atoms with E-state index in [4.69, 9.17) is 0 Å². The van der Waals surface area contributed by atoms with Crippen LogP contribution in [0.25, 0.3) is 10.8 Å². The molecule has 0 aliphatic heterocycles. The maximum absolute atomic E-state index is 12.7. The molecule has 0 saturated heterocycles. The summed E-state index contributed by atoms with van der Waals surface area (Å²) in [6.45, 7) is 6.61. The molecule has 26 heavy (non-hydrogen) atoms. The van der Waals surface area contributed by atoms with Gasteiger partial charge in [-0.1, -0.05) is 39.0 Å². The van der Waals surface area contributed by atoms with Crippen molar-refractivity contribution in [2.75, 3.05) is 0 Å². The molecular formula is C20H26N4O2. The summed E-state index contributed by atoms with van der Waals surface area (Å²) in [4.78, 5) is 24.9. The molecule has 1 saturated carbocycles. The predicted molar refractivity (Wildman–Crippen MR) is 103 cm³/mol. The van der Waals surface area contributed by atoms with Crippen molar-refractivity contribution in [1.82, 2.24) is 15.2 Å². The third kappa shape index (κ3) is 3.54. The zero-order valence-electron chi connectivity index (χ0n) is 15.8. The Bertz CT molecular complexity index is 914. The number of hydrazone groups is 1. The zero-order valence-corrected chi connectivity index (χ0v) is 15.8. The van der Waals surface area contributed by atoms with Crippen molar-refractivity contribution in [3.05, 3.63) is 40.3 Å². The summed E-state index contributed by atoms with van der Waals surface area (Å²) in [5.41, 5.74) is 3.74. The van der Waals surface area contributed by atoms with Crippen LogP contribution in [0.1, 0.15) is 50.5 Å². The zero-order chi connectivity index (χ0) is 18.8. The number of nitrogens with one attached hydrogen (secondary N) is 1. The van der Waals surface area contributed by atoms with Crippen molar-refractivity contribution < 1.29 is 4.79 Å². The van der Waals surface area contributed by atoms with Crippen LogP contribution in [-0.2, 0) is 7.05 Å². The molecule has 138 valence electrons. The summed E-state index contributed by atoms with van der Waals surface area (Å²) in [5, 5.41) is 9.65. The molecule has 6 heteroatoms. The second-order valence-electron chi connectivity index (χ2n) is 7.60. The van der Waals surface area contributed by atoms with Crippen molar-refractivity contribution in [2.24, 2.45) is 29.9 Å². The molecule has 6 nitrogen and oxygen atoms in total. The lowest BCUT2D eigenvalue weighted by molar-refractivity contribution is 0.0948. The van der Waals surface area contributed by atoms with Crippen LogP contribution in [0.5, 0.6) is 0 Å². The quantitative estimate of drug-likeness (QED) is 0.861. The lowest BCUT2D eigenvalue weighted by Crippen LogP contribution is -2.32. The van der Waals surface area contributed by atoms with Crippen LogP contribution in [0, 0.1) is 17.8 Å². The van der Waals surface area contributed by atoms with Crippen LogP contribution in [0.4, 0.5) is 0 Å². The Hall–Kier alpha value is -2.50. The van der Waals surface area contributed by atoms with Gasteiger partial charge in [0.05, 0.1) is 5.39 Å². The van der Waals surface area contributed by atoms with Gasteiger partial charge in [0.2, 0.25) is 0 Å². The molecule has 0 radical (unpaired) electrons. The van der Waals surface area contributed by atoms with Gasteiger partial charge in [-0.25, -0.2) is 10.1 Å². The summed E-state index contributed by atoms with van der Waals surface area (Å²) in [5.74, 6) is 1.09. The van der Waals surface area contributed by atoms with Crippen LogP contribution in [0.3, 0.4) is 0 Å². The molecule has 1 fully saturated rings. The Kier molecular flexibility index (Phi) is 5.20. The van der Waals surface area contributed by atoms with Crippen molar-refractivity contribution in [3.63, 3.8) is 0 Å². The van der Waals surface area contributed by atoms with E-state index in [1.54, 1.807) is 31.3 Å². The summed E-state index contributed by atoms with van der Waals surface area (Å²) in [6.07, 6.45) is 3.21. The van der Waals surface area contributed by atoms with E-state index in [1.165, 1.54) is 11.1 Å². The molecule has 0 unspecified atom stereocenters. The highest BCUT2D eigenvalue weighted by molar-refractivity contribution is 6.05. The Balaban J connectivity index is 1.92. The molecule has 2 atom stereocenters. The highest BCUT2D eigenvalue weighted by Crippen LogP contribution is 2.31. The number of rotatable bonds is 3. The van der Waals surface area contributed by atoms with E-state index >= 15 is 0 Å². The average Bonchev–Trinajstić information content (AvgIpc) is 2.62. The van der Waals surface area contributed by atoms with Crippen LogP contribution < -0.4 is 11.0 Å². The molecule has 0 bridgehead atoms. The fourth-order valence-corrected chi connectivity index (χ4v) is 3.73. The Morgan fingerprint density at radius 3 is 2.65 bits per heavy atom. The number of aryl methyl sites for hydroxylation is 1. The number of carbonyl (C=O) groups excluding carboxylic acids is 1. The maximum Gasteiger partial charge on any atom is 0.292 e. The first-order valence-electron chi connectivity index (χ1n) is 9.21. The van der Waals surface area contributed by atoms with Gasteiger partial charge >= 0.3 is 0 Å². The normalized spacial score (nSPS) is 22.1. The molecule has 1 heterocycles. The van der Waals surface area contributed by atoms with Gasteiger partial charge in [0.1, 0.15) is 0 Å². The van der Waals surface area contributed by atoms with E-state index in [-0.39, 0.29) is 17.2 Å². The highest BCUT2D eigenvalue weighted by Gasteiger charge is 2.27. The standard InChI is InChI=1S/C20H26N4O2/c1-12(2)14-10-9-13(3)11-17(14)21-22-19(25)18-15-7-5-6-8-16(15)20(26)24(4)23-18/h5-8,12-14H,9-11H2,1-4H3,(H,22,25)/b21-17-/t13-,14-/m1/s1. The highest BCUT2D eigenvalue weighted by atomic mass is 16.2. The third-order valence-corrected chi connectivity index (χ3v) is 5.23. The summed E-state index contributed by atoms with van der Waals surface area (Å²) >= 11 is 0. The largest absolute Gasteiger partial charge is 0.292 e. The minimum Gasteiger partial charge on any atom is -0.267 e. The molecule has 1 aromatic carbocycles. The maximum atomic E-state index is 12.7. The van der Waals surface area contributed by atoms with E-state index in [9.17, 15) is 9.59 Å². The second kappa shape index (κ2) is 7.40. The molecular weight excluding hydrogens is 328 g/mol. The average molecular weight is 354 g/mol. The van der Waals surface area contributed by atoms with Crippen LogP contribution in [0.2, 0.25) is 0 Å². The molecule has 3 rings (SSSR count). The second-order valence-corrected chi connectivity index (χ2v) is 7.60. The number of aromatic nitrogens is 2. The van der Waals surface area contributed by atoms with Crippen molar-refractivity contribution in [1.29, 1.82) is 0 Å². The van der Waals surface area contributed by atoms with Gasteiger partial charge in [-0.3, -0.25) is 9.59 Å². The van der Waals surface area contributed by atoms with Crippen LogP contribution in [0.15, 0.2) is 34.2 Å². The number of nitrogens with zero attached hydrogens (tertiary/aromatic N) is 3. The minimum atomic E-state index is -0.384. The summed E-state index contributed by atoms with van der Waals surface area (Å²) in [6, 6.07) is 7.02. The molecule has 2 aromatic rings. The van der Waals surface area contributed by atoms with Gasteiger partial charge in [-0.2, -0.15) is 10.2 Å². The van der Waals surface area contributed by atoms with Gasteiger partial charge in [0.25, 0.3) is 11.5 Å². The van der Waals surface area contributed by atoms with Gasteiger partial charge < -0.3 is 0 Å². The third-order valence-electron chi connectivity index (χ3n) is 5.23. The number of carbonyl (C=O) groups is 1. The molecule has 0 spiro atoms. The SMILES string of the molecule is CC(C)[C@H]1CC[C@@H](C)C/C1=N/NC(=O)c1nn(C)c(=O)c2ccccc12. The predicted octanol–water partition coefficient (Wildman–Crippen LogP) is 3.11. The Morgan fingerprint density at radius 1 is 1.27 bits per heavy atom. The van der Waals surface area contributed by atoms with Gasteiger partial charge in [-0.15, -0.1) is 0 Å². The first kappa shape index (κ1) is 18.3. The summed E-state index contributed by atoms with van der Waals surface area (Å²) in [7, 11) is 1.55. The fraction of sp³-hybridized carbons (Fsp3) is 0.500. The van der Waals surface area contributed by atoms with E-state index in [0.29, 0.717) is 28.5 Å². The number of benzene rings is 1. The van der Waals surface area contributed by atoms with Gasteiger partial charge in [0, 0.05) is 24.1 Å². The number of hydrogen-bond acceptors (Lipinski definition) is 4. The molecule has 1 N–H and O–H groups in total. The number of amides is 1. The number of fused-ring (bicyclic) bond motifs is 1. The minimum absolute atomic E-state index is 0.218. The van der Waals surface area contributed by atoms with E-state index in [2.05, 4.69) is 36.4 Å². The van der Waals surface area contributed by atoms with Crippen molar-refractivity contribution >= 4 is 22.4 Å². The number of hydrogen-bond donors (Lipinski definition) is 1. The van der Waals surface area contributed by atoms with Crippen LogP contribution >= 0.6 is 0 Å². The lowest BCUT2D eigenvalue weighted by Gasteiger charge is -2.30. The molecule has 1 aliphatic rings. The Morgan fingerprint density at radius 2 is 1.96 bits per heavy atom.